The Labute approximate surface area is 164 Å². The summed E-state index contributed by atoms with van der Waals surface area (Å²) in [5.74, 6) is -1.05. The minimum absolute atomic E-state index is 0.0469. The van der Waals surface area contributed by atoms with Crippen LogP contribution in [0, 0.1) is 5.92 Å². The Bertz CT molecular complexity index is 692. The van der Waals surface area contributed by atoms with E-state index in [1.165, 1.54) is 6.92 Å². The Kier molecular flexibility index (Phi) is 7.53. The van der Waals surface area contributed by atoms with Crippen LogP contribution in [-0.4, -0.2) is 39.1 Å². The number of hydrogen-bond acceptors (Lipinski definition) is 6. The third-order valence-electron chi connectivity index (χ3n) is 5.08. The summed E-state index contributed by atoms with van der Waals surface area (Å²) in [4.78, 5) is 39.4. The Balaban J connectivity index is 2.02. The molecule has 1 atom stereocenters. The van der Waals surface area contributed by atoms with Crippen LogP contribution >= 0.6 is 0 Å². The average Bonchev–Trinajstić information content (AvgIpc) is 2.97. The number of amides is 2. The first-order chi connectivity index (χ1) is 13.2. The standard InChI is InChI=1S/C19H30N4O5/c1-12(2)16(17(26)27)20-14(25)8-9-15-21-18(23-28-15)19(22-13(3)24)10-6-4-5-7-11-19/h12,16H,4-11H2,1-3H3,(H,20,25)(H,22,24)(H,26,27)/t16-/m0/s1. The molecule has 0 bridgehead atoms. The molecule has 1 fully saturated rings. The minimum Gasteiger partial charge on any atom is -0.480 e. The van der Waals surface area contributed by atoms with E-state index in [0.29, 0.717) is 11.7 Å². The number of nitrogens with one attached hydrogen (secondary N) is 2. The molecule has 1 aliphatic rings. The summed E-state index contributed by atoms with van der Waals surface area (Å²) in [7, 11) is 0. The van der Waals surface area contributed by atoms with Gasteiger partial charge < -0.3 is 20.3 Å². The van der Waals surface area contributed by atoms with Gasteiger partial charge in [0.25, 0.3) is 0 Å². The van der Waals surface area contributed by atoms with Crippen LogP contribution in [0.2, 0.25) is 0 Å². The minimum atomic E-state index is -1.06. The lowest BCUT2D eigenvalue weighted by Gasteiger charge is -2.30. The molecular weight excluding hydrogens is 364 g/mol. The van der Waals surface area contributed by atoms with Gasteiger partial charge in [0.1, 0.15) is 11.6 Å². The summed E-state index contributed by atoms with van der Waals surface area (Å²) >= 11 is 0. The third-order valence-corrected chi connectivity index (χ3v) is 5.08. The fourth-order valence-corrected chi connectivity index (χ4v) is 3.60. The SMILES string of the molecule is CC(=O)NC1(c2noc(CCC(=O)N[C@H](C(=O)O)C(C)C)n2)CCCCCC1. The van der Waals surface area contributed by atoms with Crippen molar-refractivity contribution in [3.05, 3.63) is 11.7 Å². The van der Waals surface area contributed by atoms with Crippen LogP contribution in [0.3, 0.4) is 0 Å². The van der Waals surface area contributed by atoms with Crippen molar-refractivity contribution in [1.82, 2.24) is 20.8 Å². The van der Waals surface area contributed by atoms with Gasteiger partial charge in [-0.1, -0.05) is 44.7 Å². The maximum absolute atomic E-state index is 12.1. The van der Waals surface area contributed by atoms with E-state index in [0.717, 1.165) is 38.5 Å². The molecule has 2 rings (SSSR count). The zero-order valence-corrected chi connectivity index (χ0v) is 16.8. The van der Waals surface area contributed by atoms with Crippen molar-refractivity contribution in [2.45, 2.75) is 83.7 Å². The van der Waals surface area contributed by atoms with Crippen molar-refractivity contribution >= 4 is 17.8 Å². The van der Waals surface area contributed by atoms with Crippen LogP contribution in [0.1, 0.15) is 77.4 Å². The molecule has 28 heavy (non-hydrogen) atoms. The molecule has 0 spiro atoms. The number of carbonyl (C=O) groups excluding carboxylic acids is 2. The maximum Gasteiger partial charge on any atom is 0.326 e. The summed E-state index contributed by atoms with van der Waals surface area (Å²) in [5.41, 5.74) is -0.627. The smallest absolute Gasteiger partial charge is 0.326 e. The van der Waals surface area contributed by atoms with E-state index < -0.39 is 17.6 Å². The molecule has 9 heteroatoms. The lowest BCUT2D eigenvalue weighted by Crippen LogP contribution is -2.45. The van der Waals surface area contributed by atoms with Crippen molar-refractivity contribution in [3.63, 3.8) is 0 Å². The van der Waals surface area contributed by atoms with Gasteiger partial charge in [0, 0.05) is 19.8 Å². The number of carboxylic acids is 1. The molecular formula is C19H30N4O5. The summed E-state index contributed by atoms with van der Waals surface area (Å²) < 4.78 is 5.31. The maximum atomic E-state index is 12.1. The van der Waals surface area contributed by atoms with Gasteiger partial charge in [-0.2, -0.15) is 4.98 Å². The largest absolute Gasteiger partial charge is 0.480 e. The first-order valence-corrected chi connectivity index (χ1v) is 9.87. The van der Waals surface area contributed by atoms with Gasteiger partial charge in [-0.3, -0.25) is 9.59 Å². The molecule has 9 nitrogen and oxygen atoms in total. The van der Waals surface area contributed by atoms with Crippen LogP contribution < -0.4 is 10.6 Å². The van der Waals surface area contributed by atoms with Crippen molar-refractivity contribution in [2.24, 2.45) is 5.92 Å². The van der Waals surface area contributed by atoms with E-state index in [9.17, 15) is 14.4 Å². The van der Waals surface area contributed by atoms with E-state index in [1.807, 2.05) is 0 Å². The van der Waals surface area contributed by atoms with E-state index in [1.54, 1.807) is 13.8 Å². The van der Waals surface area contributed by atoms with Crippen molar-refractivity contribution in [1.29, 1.82) is 0 Å². The molecule has 1 heterocycles. The number of carbonyl (C=O) groups is 3. The van der Waals surface area contributed by atoms with Gasteiger partial charge in [-0.05, 0) is 18.8 Å². The highest BCUT2D eigenvalue weighted by Crippen LogP contribution is 2.34. The average molecular weight is 394 g/mol. The fourth-order valence-electron chi connectivity index (χ4n) is 3.60. The summed E-state index contributed by atoms with van der Waals surface area (Å²) in [6, 6.07) is -0.931. The van der Waals surface area contributed by atoms with E-state index in [2.05, 4.69) is 20.8 Å². The van der Waals surface area contributed by atoms with Gasteiger partial charge in [0.05, 0.1) is 0 Å². The summed E-state index contributed by atoms with van der Waals surface area (Å²) in [5, 5.41) is 18.8. The molecule has 2 amide bonds. The Morgan fingerprint density at radius 1 is 1.18 bits per heavy atom. The molecule has 0 aromatic carbocycles. The molecule has 0 saturated heterocycles. The quantitative estimate of drug-likeness (QED) is 0.573. The molecule has 0 unspecified atom stereocenters. The molecule has 0 aliphatic heterocycles. The van der Waals surface area contributed by atoms with Crippen LogP contribution in [0.25, 0.3) is 0 Å². The first-order valence-electron chi connectivity index (χ1n) is 9.87. The fraction of sp³-hybridized carbons (Fsp3) is 0.737. The second-order valence-electron chi connectivity index (χ2n) is 7.82. The van der Waals surface area contributed by atoms with Crippen LogP contribution in [0.4, 0.5) is 0 Å². The Morgan fingerprint density at radius 3 is 2.36 bits per heavy atom. The van der Waals surface area contributed by atoms with Gasteiger partial charge in [0.15, 0.2) is 5.82 Å². The predicted octanol–water partition coefficient (Wildman–Crippen LogP) is 1.91. The molecule has 156 valence electrons. The number of aliphatic carboxylic acids is 1. The van der Waals surface area contributed by atoms with Crippen molar-refractivity contribution < 1.29 is 24.0 Å². The first kappa shape index (κ1) is 21.8. The van der Waals surface area contributed by atoms with Crippen molar-refractivity contribution in [2.75, 3.05) is 0 Å². The molecule has 0 radical (unpaired) electrons. The highest BCUT2D eigenvalue weighted by Gasteiger charge is 2.38. The van der Waals surface area contributed by atoms with Crippen molar-refractivity contribution in [3.8, 4) is 0 Å². The van der Waals surface area contributed by atoms with Gasteiger partial charge >= 0.3 is 5.97 Å². The zero-order chi connectivity index (χ0) is 20.7. The highest BCUT2D eigenvalue weighted by molar-refractivity contribution is 5.83. The second-order valence-corrected chi connectivity index (χ2v) is 7.82. The number of aryl methyl sites for hydroxylation is 1. The molecule has 1 aliphatic carbocycles. The number of rotatable bonds is 8. The normalized spacial score (nSPS) is 17.6. The number of hydrogen-bond donors (Lipinski definition) is 3. The van der Waals surface area contributed by atoms with Gasteiger partial charge in [-0.15, -0.1) is 0 Å². The zero-order valence-electron chi connectivity index (χ0n) is 16.8. The molecule has 1 saturated carbocycles. The van der Waals surface area contributed by atoms with E-state index in [4.69, 9.17) is 9.63 Å². The van der Waals surface area contributed by atoms with E-state index >= 15 is 0 Å². The topological polar surface area (TPSA) is 134 Å². The highest BCUT2D eigenvalue weighted by atomic mass is 16.5. The number of aromatic nitrogens is 2. The van der Waals surface area contributed by atoms with E-state index in [-0.39, 0.29) is 30.6 Å². The number of carboxylic acid groups (broad SMARTS) is 1. The number of nitrogens with zero attached hydrogens (tertiary/aromatic N) is 2. The summed E-state index contributed by atoms with van der Waals surface area (Å²) in [6.07, 6.45) is 5.91. The van der Waals surface area contributed by atoms with Gasteiger partial charge in [-0.25, -0.2) is 4.79 Å². The molecule has 3 N–H and O–H groups in total. The van der Waals surface area contributed by atoms with Crippen LogP contribution in [-0.2, 0) is 26.3 Å². The van der Waals surface area contributed by atoms with Crippen LogP contribution in [0.5, 0.6) is 0 Å². The lowest BCUT2D eigenvalue weighted by atomic mass is 9.89. The monoisotopic (exact) mass is 394 g/mol. The third kappa shape index (κ3) is 5.77. The van der Waals surface area contributed by atoms with Crippen LogP contribution in [0.15, 0.2) is 4.52 Å². The Morgan fingerprint density at radius 2 is 1.82 bits per heavy atom. The second kappa shape index (κ2) is 9.66. The molecule has 1 aromatic rings. The summed E-state index contributed by atoms with van der Waals surface area (Å²) in [6.45, 7) is 4.95. The Hall–Kier alpha value is -2.45. The molecule has 1 aromatic heterocycles. The lowest BCUT2D eigenvalue weighted by molar-refractivity contribution is -0.143. The van der Waals surface area contributed by atoms with Gasteiger partial charge in [0.2, 0.25) is 17.7 Å². The predicted molar refractivity (Wildman–Crippen MR) is 100 cm³/mol.